The maximum absolute atomic E-state index is 13.0. The molecule has 0 fully saturated rings. The Morgan fingerprint density at radius 2 is 1.88 bits per heavy atom. The molecule has 180 valence electrons. The molecule has 3 aromatic rings. The standard InChI is InChI=1S/C24H28N4O5S/c1-4-11-27(19(29)14-33-23(31)18-12-15(3)17(5-2)34-18)20-21(25)28(24(32)26-22(20)30)13-16-9-7-6-8-10-16/h6-10,12H,4-5,11,13-14,25H2,1-3H3,(H,26,30,32). The summed E-state index contributed by atoms with van der Waals surface area (Å²) in [5.41, 5.74) is 6.43. The smallest absolute Gasteiger partial charge is 0.348 e. The fourth-order valence-electron chi connectivity index (χ4n) is 3.59. The number of hydrogen-bond acceptors (Lipinski definition) is 7. The van der Waals surface area contributed by atoms with Gasteiger partial charge in [-0.15, -0.1) is 11.3 Å². The molecule has 0 atom stereocenters. The van der Waals surface area contributed by atoms with Crippen molar-refractivity contribution in [3.05, 3.63) is 78.1 Å². The number of aryl methyl sites for hydroxylation is 2. The van der Waals surface area contributed by atoms with Crippen molar-refractivity contribution in [1.82, 2.24) is 9.55 Å². The minimum absolute atomic E-state index is 0.121. The molecule has 2 aromatic heterocycles. The fraction of sp³-hybridized carbons (Fsp3) is 0.333. The summed E-state index contributed by atoms with van der Waals surface area (Å²) < 4.78 is 6.44. The van der Waals surface area contributed by atoms with Gasteiger partial charge in [0.1, 0.15) is 10.7 Å². The SMILES string of the molecule is CCCN(C(=O)COC(=O)c1cc(C)c(CC)s1)c1c(N)n(Cc2ccccc2)c(=O)[nH]c1=O. The number of aromatic amines is 1. The van der Waals surface area contributed by atoms with Crippen molar-refractivity contribution in [3.63, 3.8) is 0 Å². The number of benzene rings is 1. The zero-order chi connectivity index (χ0) is 24.8. The van der Waals surface area contributed by atoms with Gasteiger partial charge in [-0.3, -0.25) is 19.1 Å². The van der Waals surface area contributed by atoms with Crippen molar-refractivity contribution in [2.24, 2.45) is 0 Å². The van der Waals surface area contributed by atoms with Crippen molar-refractivity contribution >= 4 is 34.7 Å². The first-order chi connectivity index (χ1) is 16.3. The molecule has 0 saturated heterocycles. The molecule has 0 saturated carbocycles. The van der Waals surface area contributed by atoms with E-state index in [0.29, 0.717) is 11.3 Å². The van der Waals surface area contributed by atoms with Gasteiger partial charge in [0.25, 0.3) is 11.5 Å². The topological polar surface area (TPSA) is 127 Å². The van der Waals surface area contributed by atoms with Crippen LogP contribution in [0.4, 0.5) is 11.5 Å². The van der Waals surface area contributed by atoms with E-state index in [1.54, 1.807) is 6.07 Å². The summed E-state index contributed by atoms with van der Waals surface area (Å²) in [6, 6.07) is 10.9. The molecule has 2 heterocycles. The van der Waals surface area contributed by atoms with Gasteiger partial charge in [-0.05, 0) is 37.0 Å². The van der Waals surface area contributed by atoms with Crippen LogP contribution in [0.15, 0.2) is 46.0 Å². The molecule has 0 radical (unpaired) electrons. The maximum atomic E-state index is 13.0. The number of aromatic nitrogens is 2. The number of carbonyl (C=O) groups is 2. The summed E-state index contributed by atoms with van der Waals surface area (Å²) in [7, 11) is 0. The summed E-state index contributed by atoms with van der Waals surface area (Å²) in [6.45, 7) is 5.46. The Labute approximate surface area is 200 Å². The Morgan fingerprint density at radius 1 is 1.18 bits per heavy atom. The highest BCUT2D eigenvalue weighted by atomic mass is 32.1. The van der Waals surface area contributed by atoms with Crippen molar-refractivity contribution in [2.75, 3.05) is 23.8 Å². The molecule has 10 heteroatoms. The molecule has 9 nitrogen and oxygen atoms in total. The van der Waals surface area contributed by atoms with E-state index in [0.717, 1.165) is 22.4 Å². The molecule has 0 bridgehead atoms. The number of thiophene rings is 1. The van der Waals surface area contributed by atoms with E-state index in [-0.39, 0.29) is 24.6 Å². The Bertz CT molecular complexity index is 1290. The number of ether oxygens (including phenoxy) is 1. The van der Waals surface area contributed by atoms with Crippen molar-refractivity contribution < 1.29 is 14.3 Å². The lowest BCUT2D eigenvalue weighted by Crippen LogP contribution is -2.43. The number of nitrogens with two attached hydrogens (primary N) is 1. The molecule has 0 spiro atoms. The van der Waals surface area contributed by atoms with Crippen molar-refractivity contribution in [3.8, 4) is 0 Å². The third kappa shape index (κ3) is 5.45. The largest absolute Gasteiger partial charge is 0.451 e. The van der Waals surface area contributed by atoms with Crippen LogP contribution < -0.4 is 21.9 Å². The molecule has 0 unspecified atom stereocenters. The van der Waals surface area contributed by atoms with Crippen LogP contribution >= 0.6 is 11.3 Å². The van der Waals surface area contributed by atoms with Crippen LogP contribution in [0, 0.1) is 6.92 Å². The number of amides is 1. The minimum Gasteiger partial charge on any atom is -0.451 e. The molecule has 1 amide bonds. The van der Waals surface area contributed by atoms with Gasteiger partial charge in [0.05, 0.1) is 6.54 Å². The highest BCUT2D eigenvalue weighted by Crippen LogP contribution is 2.23. The van der Waals surface area contributed by atoms with Gasteiger partial charge in [-0.25, -0.2) is 9.59 Å². The first kappa shape index (κ1) is 25.0. The van der Waals surface area contributed by atoms with E-state index in [9.17, 15) is 19.2 Å². The van der Waals surface area contributed by atoms with Crippen LogP contribution in [0.5, 0.6) is 0 Å². The molecule has 0 aliphatic heterocycles. The molecule has 3 rings (SSSR count). The Balaban J connectivity index is 1.86. The molecular formula is C24H28N4O5S. The Kier molecular flexibility index (Phi) is 8.06. The van der Waals surface area contributed by atoms with E-state index >= 15 is 0 Å². The number of anilines is 2. The molecule has 34 heavy (non-hydrogen) atoms. The van der Waals surface area contributed by atoms with Crippen LogP contribution in [0.2, 0.25) is 0 Å². The zero-order valence-corrected chi connectivity index (χ0v) is 20.2. The van der Waals surface area contributed by atoms with Gasteiger partial charge < -0.3 is 15.4 Å². The average molecular weight is 485 g/mol. The van der Waals surface area contributed by atoms with Gasteiger partial charge in [-0.2, -0.15) is 0 Å². The Morgan fingerprint density at radius 3 is 2.50 bits per heavy atom. The number of rotatable bonds is 9. The summed E-state index contributed by atoms with van der Waals surface area (Å²) in [5.74, 6) is -1.35. The highest BCUT2D eigenvalue weighted by Gasteiger charge is 2.25. The second-order valence-corrected chi connectivity index (χ2v) is 8.89. The lowest BCUT2D eigenvalue weighted by Gasteiger charge is -2.24. The number of H-pyrrole nitrogens is 1. The minimum atomic E-state index is -0.776. The van der Waals surface area contributed by atoms with Crippen LogP contribution in [-0.2, 0) is 22.5 Å². The molecular weight excluding hydrogens is 456 g/mol. The summed E-state index contributed by atoms with van der Waals surface area (Å²) in [6.07, 6.45) is 1.31. The van der Waals surface area contributed by atoms with Gasteiger partial charge in [0, 0.05) is 11.4 Å². The number of carbonyl (C=O) groups excluding carboxylic acids is 2. The summed E-state index contributed by atoms with van der Waals surface area (Å²) in [4.78, 5) is 55.5. The van der Waals surface area contributed by atoms with E-state index in [4.69, 9.17) is 10.5 Å². The number of nitrogen functional groups attached to an aromatic ring is 1. The van der Waals surface area contributed by atoms with E-state index in [1.807, 2.05) is 51.1 Å². The number of nitrogens with zero attached hydrogens (tertiary/aromatic N) is 2. The monoisotopic (exact) mass is 484 g/mol. The third-order valence-corrected chi connectivity index (χ3v) is 6.65. The molecule has 0 aliphatic rings. The van der Waals surface area contributed by atoms with E-state index in [2.05, 4.69) is 4.98 Å². The molecule has 1 aromatic carbocycles. The first-order valence-corrected chi connectivity index (χ1v) is 11.8. The van der Waals surface area contributed by atoms with Gasteiger partial charge in [-0.1, -0.05) is 44.2 Å². The second kappa shape index (κ2) is 11.0. The summed E-state index contributed by atoms with van der Waals surface area (Å²) in [5, 5.41) is 0. The van der Waals surface area contributed by atoms with Crippen molar-refractivity contribution in [2.45, 2.75) is 40.2 Å². The van der Waals surface area contributed by atoms with Crippen molar-refractivity contribution in [1.29, 1.82) is 0 Å². The maximum Gasteiger partial charge on any atom is 0.348 e. The number of esters is 1. The first-order valence-electron chi connectivity index (χ1n) is 11.0. The Hall–Kier alpha value is -3.66. The van der Waals surface area contributed by atoms with Gasteiger partial charge in [0.2, 0.25) is 0 Å². The average Bonchev–Trinajstić information content (AvgIpc) is 3.20. The van der Waals surface area contributed by atoms with Crippen LogP contribution in [0.25, 0.3) is 0 Å². The normalized spacial score (nSPS) is 10.8. The lowest BCUT2D eigenvalue weighted by atomic mass is 10.2. The number of nitrogens with one attached hydrogen (secondary N) is 1. The predicted molar refractivity (Wildman–Crippen MR) is 133 cm³/mol. The molecule has 3 N–H and O–H groups in total. The zero-order valence-electron chi connectivity index (χ0n) is 19.4. The van der Waals surface area contributed by atoms with Crippen LogP contribution in [0.3, 0.4) is 0 Å². The van der Waals surface area contributed by atoms with Crippen LogP contribution in [-0.4, -0.2) is 34.6 Å². The summed E-state index contributed by atoms with van der Waals surface area (Å²) >= 11 is 1.33. The number of hydrogen-bond donors (Lipinski definition) is 2. The second-order valence-electron chi connectivity index (χ2n) is 7.76. The highest BCUT2D eigenvalue weighted by molar-refractivity contribution is 7.14. The van der Waals surface area contributed by atoms with E-state index in [1.165, 1.54) is 20.8 Å². The van der Waals surface area contributed by atoms with Gasteiger partial charge >= 0.3 is 11.7 Å². The molecule has 0 aliphatic carbocycles. The third-order valence-electron chi connectivity index (χ3n) is 5.29. The fourth-order valence-corrected chi connectivity index (χ4v) is 4.60. The quantitative estimate of drug-likeness (QED) is 0.450. The van der Waals surface area contributed by atoms with Crippen LogP contribution in [0.1, 0.15) is 45.9 Å². The lowest BCUT2D eigenvalue weighted by molar-refractivity contribution is -0.121. The van der Waals surface area contributed by atoms with Gasteiger partial charge in [0.15, 0.2) is 12.3 Å². The van der Waals surface area contributed by atoms with E-state index < -0.39 is 29.7 Å². The predicted octanol–water partition coefficient (Wildman–Crippen LogP) is 2.70.